The number of fused-ring (bicyclic) bond motifs is 1. The van der Waals surface area contributed by atoms with Gasteiger partial charge in [0.1, 0.15) is 0 Å². The number of aromatic nitrogens is 2. The van der Waals surface area contributed by atoms with Gasteiger partial charge in [-0.1, -0.05) is 31.4 Å². The molecule has 7 heteroatoms. The highest BCUT2D eigenvalue weighted by molar-refractivity contribution is 7.15. The minimum absolute atomic E-state index is 0. The summed E-state index contributed by atoms with van der Waals surface area (Å²) in [7, 11) is 0. The Labute approximate surface area is 156 Å². The van der Waals surface area contributed by atoms with E-state index in [1.807, 2.05) is 46.4 Å². The standard InChI is InChI=1S/C18H20N4OS.ClH/c19-18(8-2-1-3-9-18)16(23)20-14-6-4-13(5-7-14)15-12-22-10-11-24-17(22)21-15;/h4-7,10-12H,1-3,8-9,19H2,(H,20,23);1H. The van der Waals surface area contributed by atoms with Gasteiger partial charge in [-0.05, 0) is 25.0 Å². The van der Waals surface area contributed by atoms with E-state index < -0.39 is 5.54 Å². The molecule has 0 aliphatic heterocycles. The Bertz CT molecular complexity index is 836. The van der Waals surface area contributed by atoms with Crippen LogP contribution in [0.2, 0.25) is 0 Å². The maximum atomic E-state index is 12.5. The van der Waals surface area contributed by atoms with Crippen molar-refractivity contribution < 1.29 is 4.79 Å². The number of halogens is 1. The Morgan fingerprint density at radius 2 is 1.92 bits per heavy atom. The normalized spacial score (nSPS) is 16.4. The number of nitrogens with one attached hydrogen (secondary N) is 1. The first-order chi connectivity index (χ1) is 11.6. The van der Waals surface area contributed by atoms with Crippen LogP contribution in [0.15, 0.2) is 42.0 Å². The number of rotatable bonds is 3. The molecule has 25 heavy (non-hydrogen) atoms. The zero-order valence-electron chi connectivity index (χ0n) is 13.8. The fourth-order valence-electron chi connectivity index (χ4n) is 3.26. The molecule has 0 radical (unpaired) electrons. The number of hydrogen-bond acceptors (Lipinski definition) is 4. The van der Waals surface area contributed by atoms with Crippen LogP contribution in [0, 0.1) is 0 Å². The second kappa shape index (κ2) is 7.15. The summed E-state index contributed by atoms with van der Waals surface area (Å²) in [6.07, 6.45) is 8.76. The second-order valence-electron chi connectivity index (χ2n) is 6.47. The Morgan fingerprint density at radius 3 is 2.60 bits per heavy atom. The molecule has 132 valence electrons. The highest BCUT2D eigenvalue weighted by Gasteiger charge is 2.35. The van der Waals surface area contributed by atoms with Crippen molar-refractivity contribution >= 4 is 40.3 Å². The van der Waals surface area contributed by atoms with Gasteiger partial charge in [0.15, 0.2) is 4.96 Å². The molecule has 3 aromatic rings. The molecule has 0 saturated heterocycles. The van der Waals surface area contributed by atoms with Crippen molar-refractivity contribution in [2.24, 2.45) is 5.73 Å². The Kier molecular flexibility index (Phi) is 5.13. The van der Waals surface area contributed by atoms with Gasteiger partial charge >= 0.3 is 0 Å². The molecule has 1 aliphatic rings. The van der Waals surface area contributed by atoms with Gasteiger partial charge in [0.2, 0.25) is 5.91 Å². The number of carbonyl (C=O) groups is 1. The highest BCUT2D eigenvalue weighted by Crippen LogP contribution is 2.28. The summed E-state index contributed by atoms with van der Waals surface area (Å²) >= 11 is 1.61. The van der Waals surface area contributed by atoms with Crippen molar-refractivity contribution in [1.82, 2.24) is 9.38 Å². The van der Waals surface area contributed by atoms with Crippen molar-refractivity contribution in [3.63, 3.8) is 0 Å². The molecule has 2 heterocycles. The Hall–Kier alpha value is -1.89. The smallest absolute Gasteiger partial charge is 0.244 e. The predicted octanol–water partition coefficient (Wildman–Crippen LogP) is 4.08. The second-order valence-corrected chi connectivity index (χ2v) is 7.34. The van der Waals surface area contributed by atoms with Crippen LogP contribution in [0.4, 0.5) is 5.69 Å². The molecule has 0 spiro atoms. The van der Waals surface area contributed by atoms with E-state index in [2.05, 4.69) is 10.3 Å². The molecule has 4 rings (SSSR count). The number of benzene rings is 1. The number of hydrogen-bond donors (Lipinski definition) is 2. The van der Waals surface area contributed by atoms with E-state index in [1.165, 1.54) is 6.42 Å². The lowest BCUT2D eigenvalue weighted by Crippen LogP contribution is -2.52. The molecule has 0 bridgehead atoms. The number of imidazole rings is 1. The Morgan fingerprint density at radius 1 is 1.20 bits per heavy atom. The molecule has 1 amide bonds. The van der Waals surface area contributed by atoms with Crippen LogP contribution < -0.4 is 11.1 Å². The van der Waals surface area contributed by atoms with Gasteiger partial charge in [0.05, 0.1) is 11.2 Å². The maximum Gasteiger partial charge on any atom is 0.244 e. The molecule has 1 aliphatic carbocycles. The van der Waals surface area contributed by atoms with Gasteiger partial charge in [0, 0.05) is 29.0 Å². The van der Waals surface area contributed by atoms with Crippen molar-refractivity contribution in [3.8, 4) is 11.3 Å². The zero-order valence-corrected chi connectivity index (χ0v) is 15.4. The zero-order chi connectivity index (χ0) is 16.6. The van der Waals surface area contributed by atoms with E-state index in [1.54, 1.807) is 11.3 Å². The van der Waals surface area contributed by atoms with Crippen molar-refractivity contribution in [3.05, 3.63) is 42.0 Å². The first kappa shape index (κ1) is 17.9. The summed E-state index contributed by atoms with van der Waals surface area (Å²) in [4.78, 5) is 18.0. The fourth-order valence-corrected chi connectivity index (χ4v) is 3.96. The van der Waals surface area contributed by atoms with Crippen molar-refractivity contribution in [2.75, 3.05) is 5.32 Å². The molecule has 5 nitrogen and oxygen atoms in total. The van der Waals surface area contributed by atoms with Crippen LogP contribution in [-0.4, -0.2) is 20.8 Å². The molecule has 0 atom stereocenters. The van der Waals surface area contributed by atoms with Gasteiger partial charge in [-0.15, -0.1) is 23.7 Å². The number of thiazole rings is 1. The lowest BCUT2D eigenvalue weighted by Gasteiger charge is -2.31. The van der Waals surface area contributed by atoms with Crippen molar-refractivity contribution in [1.29, 1.82) is 0 Å². The third-order valence-corrected chi connectivity index (χ3v) is 5.50. The minimum atomic E-state index is -0.717. The van der Waals surface area contributed by atoms with Gasteiger partial charge in [0.25, 0.3) is 0 Å². The molecular formula is C18H21ClN4OS. The number of nitrogens with two attached hydrogens (primary N) is 1. The number of nitrogens with zero attached hydrogens (tertiary/aromatic N) is 2. The third-order valence-electron chi connectivity index (χ3n) is 4.73. The van der Waals surface area contributed by atoms with E-state index in [0.29, 0.717) is 0 Å². The van der Waals surface area contributed by atoms with Gasteiger partial charge in [-0.3, -0.25) is 9.20 Å². The molecular weight excluding hydrogens is 356 g/mol. The van der Waals surface area contributed by atoms with Crippen LogP contribution in [0.5, 0.6) is 0 Å². The molecule has 3 N–H and O–H groups in total. The molecule has 1 saturated carbocycles. The van der Waals surface area contributed by atoms with Crippen LogP contribution in [0.1, 0.15) is 32.1 Å². The van der Waals surface area contributed by atoms with E-state index in [-0.39, 0.29) is 18.3 Å². The first-order valence-corrected chi connectivity index (χ1v) is 9.15. The molecule has 2 aromatic heterocycles. The van der Waals surface area contributed by atoms with E-state index in [9.17, 15) is 4.79 Å². The van der Waals surface area contributed by atoms with Gasteiger partial charge in [-0.2, -0.15) is 0 Å². The van der Waals surface area contributed by atoms with E-state index in [0.717, 1.165) is 47.6 Å². The fraction of sp³-hybridized carbons (Fsp3) is 0.333. The number of carbonyl (C=O) groups excluding carboxylic acids is 1. The lowest BCUT2D eigenvalue weighted by molar-refractivity contribution is -0.122. The van der Waals surface area contributed by atoms with E-state index in [4.69, 9.17) is 5.73 Å². The first-order valence-electron chi connectivity index (χ1n) is 8.27. The summed E-state index contributed by atoms with van der Waals surface area (Å²) in [5.74, 6) is -0.0718. The average molecular weight is 377 g/mol. The largest absolute Gasteiger partial charge is 0.324 e. The number of amides is 1. The monoisotopic (exact) mass is 376 g/mol. The summed E-state index contributed by atoms with van der Waals surface area (Å²) in [6.45, 7) is 0. The topological polar surface area (TPSA) is 72.4 Å². The SMILES string of the molecule is Cl.NC1(C(=O)Nc2ccc(-c3cn4ccsc4n3)cc2)CCCCC1. The molecule has 1 fully saturated rings. The quantitative estimate of drug-likeness (QED) is 0.723. The van der Waals surface area contributed by atoms with Crippen LogP contribution >= 0.6 is 23.7 Å². The summed E-state index contributed by atoms with van der Waals surface area (Å²) < 4.78 is 2.01. The van der Waals surface area contributed by atoms with E-state index >= 15 is 0 Å². The van der Waals surface area contributed by atoms with Gasteiger partial charge in [-0.25, -0.2) is 4.98 Å². The minimum Gasteiger partial charge on any atom is -0.324 e. The third kappa shape index (κ3) is 3.56. The molecule has 1 aromatic carbocycles. The van der Waals surface area contributed by atoms with Crippen molar-refractivity contribution in [2.45, 2.75) is 37.6 Å². The lowest BCUT2D eigenvalue weighted by atomic mass is 9.82. The van der Waals surface area contributed by atoms with Crippen LogP contribution in [0.25, 0.3) is 16.2 Å². The highest BCUT2D eigenvalue weighted by atomic mass is 35.5. The molecule has 0 unspecified atom stereocenters. The Balaban J connectivity index is 0.00000182. The van der Waals surface area contributed by atoms with Crippen LogP contribution in [-0.2, 0) is 4.79 Å². The number of anilines is 1. The summed E-state index contributed by atoms with van der Waals surface area (Å²) in [6, 6.07) is 7.78. The van der Waals surface area contributed by atoms with Crippen LogP contribution in [0.3, 0.4) is 0 Å². The van der Waals surface area contributed by atoms with Gasteiger partial charge < -0.3 is 11.1 Å². The summed E-state index contributed by atoms with van der Waals surface area (Å²) in [5, 5.41) is 4.98. The summed E-state index contributed by atoms with van der Waals surface area (Å²) in [5.41, 5.74) is 8.30. The maximum absolute atomic E-state index is 12.5. The predicted molar refractivity (Wildman–Crippen MR) is 104 cm³/mol. The average Bonchev–Trinajstić information content (AvgIpc) is 3.18.